The van der Waals surface area contributed by atoms with Gasteiger partial charge in [-0.1, -0.05) is 42.5 Å². The quantitative estimate of drug-likeness (QED) is 0.688. The average molecular weight is 400 g/mol. The first-order valence-electron chi connectivity index (χ1n) is 8.58. The molecule has 1 aromatic heterocycles. The Kier molecular flexibility index (Phi) is 4.70. The Labute approximate surface area is 161 Å². The molecule has 0 radical (unpaired) electrons. The second kappa shape index (κ2) is 7.17. The Balaban J connectivity index is 1.50. The van der Waals surface area contributed by atoms with E-state index in [2.05, 4.69) is 15.5 Å². The van der Waals surface area contributed by atoms with E-state index in [-0.39, 0.29) is 30.2 Å². The molecule has 28 heavy (non-hydrogen) atoms. The molecule has 144 valence electrons. The van der Waals surface area contributed by atoms with Gasteiger partial charge >= 0.3 is 0 Å². The first kappa shape index (κ1) is 18.3. The van der Waals surface area contributed by atoms with Gasteiger partial charge in [-0.05, 0) is 17.7 Å². The zero-order valence-corrected chi connectivity index (χ0v) is 15.5. The highest BCUT2D eigenvalue weighted by atomic mass is 32.2. The number of aromatic amines is 1. The van der Waals surface area contributed by atoms with Gasteiger partial charge in [0, 0.05) is 12.1 Å². The van der Waals surface area contributed by atoms with Gasteiger partial charge in [0.2, 0.25) is 10.0 Å². The van der Waals surface area contributed by atoms with Gasteiger partial charge in [0.15, 0.2) is 5.82 Å². The number of halogens is 1. The van der Waals surface area contributed by atoms with Crippen LogP contribution in [0.4, 0.5) is 10.2 Å². The minimum atomic E-state index is -3.54. The molecule has 0 saturated heterocycles. The number of benzene rings is 2. The van der Waals surface area contributed by atoms with Gasteiger partial charge in [-0.15, -0.1) is 0 Å². The fourth-order valence-corrected chi connectivity index (χ4v) is 4.56. The SMILES string of the molecule is O=C(Nc1n[nH]c2c1CN(S(=O)(=O)Cc1ccccc1)C2)c1ccccc1F. The summed E-state index contributed by atoms with van der Waals surface area (Å²) in [7, 11) is -3.54. The summed E-state index contributed by atoms with van der Waals surface area (Å²) in [5.74, 6) is -1.18. The molecule has 2 aromatic carbocycles. The summed E-state index contributed by atoms with van der Waals surface area (Å²) < 4.78 is 40.6. The van der Waals surface area contributed by atoms with Crippen molar-refractivity contribution in [2.45, 2.75) is 18.8 Å². The van der Waals surface area contributed by atoms with Crippen LogP contribution in [0.25, 0.3) is 0 Å². The van der Waals surface area contributed by atoms with Crippen molar-refractivity contribution in [2.75, 3.05) is 5.32 Å². The fourth-order valence-electron chi connectivity index (χ4n) is 3.11. The highest BCUT2D eigenvalue weighted by Crippen LogP contribution is 2.30. The molecule has 2 heterocycles. The monoisotopic (exact) mass is 400 g/mol. The third-order valence-electron chi connectivity index (χ3n) is 4.56. The third-order valence-corrected chi connectivity index (χ3v) is 6.30. The van der Waals surface area contributed by atoms with Crippen LogP contribution in [0.1, 0.15) is 27.2 Å². The average Bonchev–Trinajstić information content (AvgIpc) is 3.25. The molecule has 0 fully saturated rings. The molecule has 0 aliphatic carbocycles. The van der Waals surface area contributed by atoms with E-state index < -0.39 is 21.7 Å². The number of anilines is 1. The summed E-state index contributed by atoms with van der Waals surface area (Å²) >= 11 is 0. The molecular weight excluding hydrogens is 383 g/mol. The minimum absolute atomic E-state index is 0.0912. The van der Waals surface area contributed by atoms with Crippen molar-refractivity contribution >= 4 is 21.7 Å². The van der Waals surface area contributed by atoms with Crippen LogP contribution in [0.2, 0.25) is 0 Å². The minimum Gasteiger partial charge on any atom is -0.305 e. The molecule has 0 saturated carbocycles. The molecule has 0 atom stereocenters. The summed E-state index contributed by atoms with van der Waals surface area (Å²) in [6.45, 7) is 0.237. The summed E-state index contributed by atoms with van der Waals surface area (Å²) in [4.78, 5) is 12.3. The van der Waals surface area contributed by atoms with Gasteiger partial charge in [-0.25, -0.2) is 12.8 Å². The Morgan fingerprint density at radius 3 is 2.57 bits per heavy atom. The Bertz CT molecular complexity index is 1130. The Morgan fingerprint density at radius 1 is 1.11 bits per heavy atom. The molecule has 7 nitrogen and oxygen atoms in total. The van der Waals surface area contributed by atoms with Crippen LogP contribution in [0.15, 0.2) is 54.6 Å². The number of sulfonamides is 1. The van der Waals surface area contributed by atoms with Crippen molar-refractivity contribution < 1.29 is 17.6 Å². The number of aromatic nitrogens is 2. The van der Waals surface area contributed by atoms with Gasteiger partial charge in [0.1, 0.15) is 5.82 Å². The zero-order chi connectivity index (χ0) is 19.7. The van der Waals surface area contributed by atoms with E-state index in [4.69, 9.17) is 0 Å². The molecule has 1 aliphatic rings. The van der Waals surface area contributed by atoms with Crippen molar-refractivity contribution in [1.82, 2.24) is 14.5 Å². The lowest BCUT2D eigenvalue weighted by atomic mass is 10.2. The smallest absolute Gasteiger partial charge is 0.259 e. The van der Waals surface area contributed by atoms with Gasteiger partial charge in [-0.2, -0.15) is 9.40 Å². The van der Waals surface area contributed by atoms with E-state index in [1.54, 1.807) is 30.3 Å². The molecule has 9 heteroatoms. The fraction of sp³-hybridized carbons (Fsp3) is 0.158. The molecule has 1 amide bonds. The van der Waals surface area contributed by atoms with Crippen LogP contribution in [0.3, 0.4) is 0 Å². The number of amides is 1. The highest BCUT2D eigenvalue weighted by Gasteiger charge is 2.33. The molecule has 2 N–H and O–H groups in total. The standard InChI is InChI=1S/C19H17FN4O3S/c20-16-9-5-4-8-14(16)19(25)21-18-15-10-24(11-17(15)22-23-18)28(26,27)12-13-6-2-1-3-7-13/h1-9H,10-12H2,(H2,21,22,23,25). The van der Waals surface area contributed by atoms with Gasteiger partial charge < -0.3 is 5.32 Å². The van der Waals surface area contributed by atoms with Crippen molar-refractivity contribution in [1.29, 1.82) is 0 Å². The second-order valence-electron chi connectivity index (χ2n) is 6.47. The Morgan fingerprint density at radius 2 is 1.82 bits per heavy atom. The Hall–Kier alpha value is -3.04. The molecule has 0 bridgehead atoms. The first-order valence-corrected chi connectivity index (χ1v) is 10.2. The lowest BCUT2D eigenvalue weighted by molar-refractivity contribution is 0.102. The molecule has 0 unspecified atom stereocenters. The number of fused-ring (bicyclic) bond motifs is 1. The van der Waals surface area contributed by atoms with E-state index in [0.29, 0.717) is 16.8 Å². The number of rotatable bonds is 5. The summed E-state index contributed by atoms with van der Waals surface area (Å²) in [6, 6.07) is 14.5. The molecular formula is C19H17FN4O3S. The molecule has 3 aromatic rings. The number of hydrogen-bond donors (Lipinski definition) is 2. The number of carbonyl (C=O) groups is 1. The number of nitrogens with zero attached hydrogens (tertiary/aromatic N) is 2. The van der Waals surface area contributed by atoms with Crippen molar-refractivity contribution in [3.8, 4) is 0 Å². The van der Waals surface area contributed by atoms with Crippen LogP contribution in [-0.4, -0.2) is 28.8 Å². The molecule has 0 spiro atoms. The van der Waals surface area contributed by atoms with E-state index in [1.807, 2.05) is 6.07 Å². The topological polar surface area (TPSA) is 95.2 Å². The van der Waals surface area contributed by atoms with Crippen molar-refractivity contribution in [2.24, 2.45) is 0 Å². The maximum atomic E-state index is 13.8. The normalized spacial score (nSPS) is 14.0. The van der Waals surface area contributed by atoms with Crippen LogP contribution < -0.4 is 5.32 Å². The maximum absolute atomic E-state index is 13.8. The maximum Gasteiger partial charge on any atom is 0.259 e. The number of carbonyl (C=O) groups excluding carboxylic acids is 1. The van der Waals surface area contributed by atoms with Gasteiger partial charge in [0.25, 0.3) is 5.91 Å². The predicted molar refractivity (Wildman–Crippen MR) is 101 cm³/mol. The number of nitrogens with one attached hydrogen (secondary N) is 2. The van der Waals surface area contributed by atoms with E-state index in [1.165, 1.54) is 22.5 Å². The highest BCUT2D eigenvalue weighted by molar-refractivity contribution is 7.88. The third kappa shape index (κ3) is 3.54. The molecule has 1 aliphatic heterocycles. The van der Waals surface area contributed by atoms with Gasteiger partial charge in [-0.3, -0.25) is 9.89 Å². The van der Waals surface area contributed by atoms with E-state index >= 15 is 0 Å². The van der Waals surface area contributed by atoms with Crippen molar-refractivity contribution in [3.63, 3.8) is 0 Å². The van der Waals surface area contributed by atoms with Gasteiger partial charge in [0.05, 0.1) is 23.6 Å². The number of hydrogen-bond acceptors (Lipinski definition) is 4. The second-order valence-corrected chi connectivity index (χ2v) is 8.44. The summed E-state index contributed by atoms with van der Waals surface area (Å²) in [6.07, 6.45) is 0. The summed E-state index contributed by atoms with van der Waals surface area (Å²) in [5.41, 5.74) is 1.79. The van der Waals surface area contributed by atoms with E-state index in [9.17, 15) is 17.6 Å². The summed E-state index contributed by atoms with van der Waals surface area (Å²) in [5, 5.41) is 9.35. The predicted octanol–water partition coefficient (Wildman–Crippen LogP) is 2.65. The molecule has 4 rings (SSSR count). The van der Waals surface area contributed by atoms with Crippen LogP contribution in [-0.2, 0) is 28.9 Å². The number of H-pyrrole nitrogens is 1. The lowest BCUT2D eigenvalue weighted by Crippen LogP contribution is -2.27. The van der Waals surface area contributed by atoms with Crippen LogP contribution in [0, 0.1) is 5.82 Å². The zero-order valence-electron chi connectivity index (χ0n) is 14.7. The largest absolute Gasteiger partial charge is 0.305 e. The lowest BCUT2D eigenvalue weighted by Gasteiger charge is -2.16. The van der Waals surface area contributed by atoms with E-state index in [0.717, 1.165) is 0 Å². The van der Waals surface area contributed by atoms with Crippen LogP contribution in [0.5, 0.6) is 0 Å². The van der Waals surface area contributed by atoms with Crippen molar-refractivity contribution in [3.05, 3.63) is 82.8 Å². The first-order chi connectivity index (χ1) is 13.4. The van der Waals surface area contributed by atoms with Crippen LogP contribution >= 0.6 is 0 Å².